The fourth-order valence-electron chi connectivity index (χ4n) is 1.89. The lowest BCUT2D eigenvalue weighted by atomic mass is 10.1. The molecule has 0 spiro atoms. The van der Waals surface area contributed by atoms with Crippen molar-refractivity contribution in [1.29, 1.82) is 0 Å². The van der Waals surface area contributed by atoms with Crippen LogP contribution in [0.3, 0.4) is 0 Å². The largest absolute Gasteiger partial charge is 0.379 e. The van der Waals surface area contributed by atoms with E-state index in [9.17, 15) is 0 Å². The van der Waals surface area contributed by atoms with Gasteiger partial charge >= 0.3 is 0 Å². The van der Waals surface area contributed by atoms with Crippen molar-refractivity contribution in [2.45, 2.75) is 26.3 Å². The predicted molar refractivity (Wildman–Crippen MR) is 64.4 cm³/mol. The molecule has 0 aliphatic carbocycles. The second-order valence-electron chi connectivity index (χ2n) is 4.63. The Labute approximate surface area is 97.4 Å². The number of rotatable bonds is 3. The van der Waals surface area contributed by atoms with E-state index in [1.54, 1.807) is 0 Å². The van der Waals surface area contributed by atoms with Gasteiger partial charge in [-0.15, -0.1) is 0 Å². The number of hydrogen-bond donors (Lipinski definition) is 0. The van der Waals surface area contributed by atoms with Crippen molar-refractivity contribution in [3.05, 3.63) is 29.6 Å². The summed E-state index contributed by atoms with van der Waals surface area (Å²) in [6.45, 7) is 9.12. The van der Waals surface area contributed by atoms with Crippen LogP contribution < -0.4 is 0 Å². The third-order valence-corrected chi connectivity index (χ3v) is 2.95. The third kappa shape index (κ3) is 3.03. The van der Waals surface area contributed by atoms with Crippen LogP contribution in [0, 0.1) is 0 Å². The molecule has 0 atom stereocenters. The smallest absolute Gasteiger partial charge is 0.0594 e. The summed E-state index contributed by atoms with van der Waals surface area (Å²) in [6, 6.07) is 4.33. The lowest BCUT2D eigenvalue weighted by Crippen LogP contribution is -2.35. The number of hydrogen-bond acceptors (Lipinski definition) is 3. The first-order valence-corrected chi connectivity index (χ1v) is 6.00. The van der Waals surface area contributed by atoms with Crippen LogP contribution in [-0.2, 0) is 11.3 Å². The predicted octanol–water partition coefficient (Wildman–Crippen LogP) is 2.04. The van der Waals surface area contributed by atoms with Gasteiger partial charge in [-0.25, -0.2) is 0 Å². The topological polar surface area (TPSA) is 25.4 Å². The Morgan fingerprint density at radius 3 is 2.62 bits per heavy atom. The molecule has 1 aliphatic rings. The van der Waals surface area contributed by atoms with Gasteiger partial charge in [-0.2, -0.15) is 0 Å². The summed E-state index contributed by atoms with van der Waals surface area (Å²) in [5.74, 6) is 0.512. The highest BCUT2D eigenvalue weighted by Gasteiger charge is 2.10. The van der Waals surface area contributed by atoms with Gasteiger partial charge in [-0.1, -0.05) is 19.9 Å². The number of pyridine rings is 1. The van der Waals surface area contributed by atoms with E-state index in [-0.39, 0.29) is 0 Å². The molecule has 1 aliphatic heterocycles. The zero-order chi connectivity index (χ0) is 11.4. The second kappa shape index (κ2) is 5.41. The Morgan fingerprint density at radius 1 is 1.31 bits per heavy atom. The monoisotopic (exact) mass is 220 g/mol. The highest BCUT2D eigenvalue weighted by Crippen LogP contribution is 2.12. The van der Waals surface area contributed by atoms with Crippen molar-refractivity contribution in [3.63, 3.8) is 0 Å². The first-order valence-electron chi connectivity index (χ1n) is 6.00. The Morgan fingerprint density at radius 2 is 2.06 bits per heavy atom. The van der Waals surface area contributed by atoms with E-state index >= 15 is 0 Å². The Balaban J connectivity index is 1.93. The second-order valence-corrected chi connectivity index (χ2v) is 4.63. The van der Waals surface area contributed by atoms with Gasteiger partial charge in [0.1, 0.15) is 0 Å². The highest BCUT2D eigenvalue weighted by molar-refractivity contribution is 5.16. The molecule has 88 valence electrons. The van der Waals surface area contributed by atoms with Gasteiger partial charge in [0.25, 0.3) is 0 Å². The van der Waals surface area contributed by atoms with Crippen molar-refractivity contribution < 1.29 is 4.74 Å². The molecule has 0 aromatic carbocycles. The Hall–Kier alpha value is -0.930. The van der Waals surface area contributed by atoms with Crippen LogP contribution in [0.15, 0.2) is 18.3 Å². The van der Waals surface area contributed by atoms with Gasteiger partial charge in [-0.3, -0.25) is 9.88 Å². The SMILES string of the molecule is CC(C)c1ccc(CN2CCOCC2)cn1. The summed E-state index contributed by atoms with van der Waals surface area (Å²) in [7, 11) is 0. The number of nitrogens with zero attached hydrogens (tertiary/aromatic N) is 2. The summed E-state index contributed by atoms with van der Waals surface area (Å²) in [5.41, 5.74) is 2.47. The molecule has 1 aromatic heterocycles. The van der Waals surface area contributed by atoms with Gasteiger partial charge in [0.2, 0.25) is 0 Å². The maximum Gasteiger partial charge on any atom is 0.0594 e. The molecule has 0 bridgehead atoms. The molecule has 2 heterocycles. The van der Waals surface area contributed by atoms with E-state index in [0.717, 1.165) is 32.8 Å². The Kier molecular flexibility index (Phi) is 3.91. The third-order valence-electron chi connectivity index (χ3n) is 2.95. The van der Waals surface area contributed by atoms with Gasteiger partial charge in [0.05, 0.1) is 13.2 Å². The minimum Gasteiger partial charge on any atom is -0.379 e. The van der Waals surface area contributed by atoms with Gasteiger partial charge in [0.15, 0.2) is 0 Å². The van der Waals surface area contributed by atoms with Crippen molar-refractivity contribution in [1.82, 2.24) is 9.88 Å². The van der Waals surface area contributed by atoms with Crippen LogP contribution >= 0.6 is 0 Å². The molecular formula is C13H20N2O. The van der Waals surface area contributed by atoms with Crippen molar-refractivity contribution in [3.8, 4) is 0 Å². The van der Waals surface area contributed by atoms with E-state index < -0.39 is 0 Å². The number of morpholine rings is 1. The highest BCUT2D eigenvalue weighted by atomic mass is 16.5. The molecule has 0 radical (unpaired) electrons. The molecule has 0 amide bonds. The summed E-state index contributed by atoms with van der Waals surface area (Å²) in [6.07, 6.45) is 2.00. The van der Waals surface area contributed by atoms with E-state index in [1.165, 1.54) is 11.3 Å². The molecule has 1 aromatic rings. The van der Waals surface area contributed by atoms with Crippen molar-refractivity contribution in [2.24, 2.45) is 0 Å². The molecule has 0 N–H and O–H groups in total. The molecule has 3 nitrogen and oxygen atoms in total. The van der Waals surface area contributed by atoms with Gasteiger partial charge in [-0.05, 0) is 17.5 Å². The first kappa shape index (κ1) is 11.6. The summed E-state index contributed by atoms with van der Waals surface area (Å²) < 4.78 is 5.33. The summed E-state index contributed by atoms with van der Waals surface area (Å²) >= 11 is 0. The number of aromatic nitrogens is 1. The molecule has 1 saturated heterocycles. The minimum atomic E-state index is 0.512. The molecule has 2 rings (SSSR count). The van der Waals surface area contributed by atoms with E-state index in [2.05, 4.69) is 35.9 Å². The minimum absolute atomic E-state index is 0.512. The average Bonchev–Trinajstić information content (AvgIpc) is 2.31. The Bertz CT molecular complexity index is 315. The molecular weight excluding hydrogens is 200 g/mol. The number of ether oxygens (including phenoxy) is 1. The molecule has 16 heavy (non-hydrogen) atoms. The first-order chi connectivity index (χ1) is 7.75. The zero-order valence-corrected chi connectivity index (χ0v) is 10.1. The van der Waals surface area contributed by atoms with Crippen LogP contribution in [-0.4, -0.2) is 36.2 Å². The average molecular weight is 220 g/mol. The molecule has 0 unspecified atom stereocenters. The standard InChI is InChI=1S/C13H20N2O/c1-11(2)13-4-3-12(9-14-13)10-15-5-7-16-8-6-15/h3-4,9,11H,5-8,10H2,1-2H3. The molecule has 0 saturated carbocycles. The normalized spacial score (nSPS) is 17.9. The van der Waals surface area contributed by atoms with E-state index in [0.29, 0.717) is 5.92 Å². The van der Waals surface area contributed by atoms with E-state index in [1.807, 2.05) is 6.20 Å². The maximum absolute atomic E-state index is 5.33. The van der Waals surface area contributed by atoms with Gasteiger partial charge < -0.3 is 4.74 Å². The zero-order valence-electron chi connectivity index (χ0n) is 10.1. The van der Waals surface area contributed by atoms with Crippen LogP contribution in [0.5, 0.6) is 0 Å². The quantitative estimate of drug-likeness (QED) is 0.779. The fourth-order valence-corrected chi connectivity index (χ4v) is 1.89. The van der Waals surface area contributed by atoms with Crippen molar-refractivity contribution in [2.75, 3.05) is 26.3 Å². The maximum atomic E-state index is 5.33. The lowest BCUT2D eigenvalue weighted by molar-refractivity contribution is 0.0341. The fraction of sp³-hybridized carbons (Fsp3) is 0.615. The molecule has 1 fully saturated rings. The van der Waals surface area contributed by atoms with Crippen LogP contribution in [0.25, 0.3) is 0 Å². The summed E-state index contributed by atoms with van der Waals surface area (Å²) in [4.78, 5) is 6.90. The van der Waals surface area contributed by atoms with Crippen LogP contribution in [0.2, 0.25) is 0 Å². The van der Waals surface area contributed by atoms with Gasteiger partial charge in [0, 0.05) is 31.5 Å². The van der Waals surface area contributed by atoms with Crippen LogP contribution in [0.4, 0.5) is 0 Å². The lowest BCUT2D eigenvalue weighted by Gasteiger charge is -2.26. The summed E-state index contributed by atoms with van der Waals surface area (Å²) in [5, 5.41) is 0. The van der Waals surface area contributed by atoms with E-state index in [4.69, 9.17) is 4.74 Å². The van der Waals surface area contributed by atoms with Crippen LogP contribution in [0.1, 0.15) is 31.0 Å². The van der Waals surface area contributed by atoms with Crippen molar-refractivity contribution >= 4 is 0 Å². The molecule has 3 heteroatoms.